The van der Waals surface area contributed by atoms with Crippen LogP contribution in [0.2, 0.25) is 0 Å². The van der Waals surface area contributed by atoms with Gasteiger partial charge in [-0.15, -0.1) is 0 Å². The van der Waals surface area contributed by atoms with E-state index < -0.39 is 29.9 Å². The molecule has 11 heteroatoms. The Bertz CT molecular complexity index is 1870. The van der Waals surface area contributed by atoms with Gasteiger partial charge in [0.2, 0.25) is 5.91 Å². The first-order valence-electron chi connectivity index (χ1n) is 18.7. The summed E-state index contributed by atoms with van der Waals surface area (Å²) in [6.45, 7) is 3.20. The number of ether oxygens (including phenoxy) is 1. The van der Waals surface area contributed by atoms with E-state index in [0.29, 0.717) is 30.8 Å². The highest BCUT2D eigenvalue weighted by atomic mass is 16.5. The van der Waals surface area contributed by atoms with Crippen molar-refractivity contribution in [2.24, 2.45) is 5.41 Å². The van der Waals surface area contributed by atoms with Crippen molar-refractivity contribution in [1.29, 1.82) is 0 Å². The largest absolute Gasteiger partial charge is 0.484 e. The molecule has 0 bridgehead atoms. The fourth-order valence-corrected chi connectivity index (χ4v) is 7.81. The molecular weight excluding hydrogens is 683 g/mol. The number of aliphatic hydroxyl groups excluding tert-OH is 1. The van der Waals surface area contributed by atoms with Gasteiger partial charge in [-0.3, -0.25) is 34.4 Å². The Hall–Kier alpha value is -5.39. The topological polar surface area (TPSA) is 141 Å². The zero-order valence-electron chi connectivity index (χ0n) is 30.9. The summed E-state index contributed by atoms with van der Waals surface area (Å²) in [5.41, 5.74) is 2.61. The molecule has 1 aliphatic carbocycles. The first-order chi connectivity index (χ1) is 26.1. The molecule has 282 valence electrons. The molecule has 2 fully saturated rings. The molecule has 11 nitrogen and oxygen atoms in total. The number of para-hydroxylation sites is 1. The normalized spacial score (nSPS) is 19.0. The maximum atomic E-state index is 14.6. The van der Waals surface area contributed by atoms with Crippen LogP contribution in [0, 0.1) is 5.41 Å². The van der Waals surface area contributed by atoms with E-state index in [1.807, 2.05) is 84.9 Å². The SMILES string of the molecule is CC(=O)NCCC1(C(O)NC(Cc2ccc(N3C(=O)C(Cc4cccnc4)N(C(=O)COc4ccccc4)C3c3ccccc3)cc2)C(C)=O)CCCC1. The van der Waals surface area contributed by atoms with Crippen molar-refractivity contribution in [3.05, 3.63) is 126 Å². The van der Waals surface area contributed by atoms with Crippen molar-refractivity contribution in [2.45, 2.75) is 83.3 Å². The number of amides is 3. The molecule has 0 radical (unpaired) electrons. The average molecular weight is 732 g/mol. The van der Waals surface area contributed by atoms with Gasteiger partial charge < -0.3 is 20.1 Å². The number of nitrogens with zero attached hydrogens (tertiary/aromatic N) is 3. The summed E-state index contributed by atoms with van der Waals surface area (Å²) in [4.78, 5) is 60.8. The number of Topliss-reactive ketones (excluding diaryl/α,β-unsaturated/α-hetero) is 1. The minimum absolute atomic E-state index is 0.0999. The Balaban J connectivity index is 1.26. The van der Waals surface area contributed by atoms with Crippen LogP contribution in [0.4, 0.5) is 5.69 Å². The van der Waals surface area contributed by atoms with Crippen LogP contribution in [0.1, 0.15) is 68.8 Å². The summed E-state index contributed by atoms with van der Waals surface area (Å²) in [5.74, 6) is -0.224. The molecule has 1 aromatic heterocycles. The van der Waals surface area contributed by atoms with Crippen LogP contribution in [0.25, 0.3) is 0 Å². The number of pyridine rings is 1. The number of carbonyl (C=O) groups is 4. The van der Waals surface area contributed by atoms with Gasteiger partial charge in [0, 0.05) is 43.4 Å². The molecule has 2 aliphatic rings. The van der Waals surface area contributed by atoms with Gasteiger partial charge in [-0.2, -0.15) is 0 Å². The number of hydrogen-bond donors (Lipinski definition) is 3. The van der Waals surface area contributed by atoms with E-state index in [9.17, 15) is 24.3 Å². The second-order valence-corrected chi connectivity index (χ2v) is 14.4. The molecule has 1 aliphatic heterocycles. The number of benzene rings is 3. The summed E-state index contributed by atoms with van der Waals surface area (Å²) in [7, 11) is 0. The highest BCUT2D eigenvalue weighted by molar-refractivity contribution is 6.04. The van der Waals surface area contributed by atoms with E-state index in [0.717, 1.165) is 42.4 Å². The molecule has 6 rings (SSSR count). The number of rotatable bonds is 16. The molecule has 4 aromatic rings. The highest BCUT2D eigenvalue weighted by Gasteiger charge is 2.50. The summed E-state index contributed by atoms with van der Waals surface area (Å²) >= 11 is 0. The molecule has 1 saturated heterocycles. The fourth-order valence-electron chi connectivity index (χ4n) is 7.81. The van der Waals surface area contributed by atoms with Crippen LogP contribution in [0.5, 0.6) is 5.75 Å². The van der Waals surface area contributed by atoms with Crippen LogP contribution >= 0.6 is 0 Å². The highest BCUT2D eigenvalue weighted by Crippen LogP contribution is 2.44. The van der Waals surface area contributed by atoms with E-state index in [-0.39, 0.29) is 36.5 Å². The lowest BCUT2D eigenvalue weighted by Gasteiger charge is -2.37. The second-order valence-electron chi connectivity index (χ2n) is 14.4. The zero-order valence-corrected chi connectivity index (χ0v) is 30.9. The molecular formula is C43H49N5O6. The van der Waals surface area contributed by atoms with Gasteiger partial charge in [-0.05, 0) is 79.6 Å². The fraction of sp³-hybridized carbons (Fsp3) is 0.372. The number of nitrogens with one attached hydrogen (secondary N) is 2. The van der Waals surface area contributed by atoms with Crippen molar-refractivity contribution < 1.29 is 29.0 Å². The zero-order chi connectivity index (χ0) is 38.1. The Kier molecular flexibility index (Phi) is 12.5. The molecule has 1 saturated carbocycles. The second kappa shape index (κ2) is 17.6. The minimum Gasteiger partial charge on any atom is -0.484 e. The summed E-state index contributed by atoms with van der Waals surface area (Å²) in [5, 5.41) is 17.5. The summed E-state index contributed by atoms with van der Waals surface area (Å²) < 4.78 is 5.90. The predicted octanol–water partition coefficient (Wildman–Crippen LogP) is 5.14. The molecule has 54 heavy (non-hydrogen) atoms. The average Bonchev–Trinajstić information content (AvgIpc) is 3.78. The number of aliphatic hydroxyl groups is 1. The Morgan fingerprint density at radius 2 is 1.59 bits per heavy atom. The monoisotopic (exact) mass is 731 g/mol. The van der Waals surface area contributed by atoms with Crippen LogP contribution in [-0.2, 0) is 32.0 Å². The van der Waals surface area contributed by atoms with E-state index in [4.69, 9.17) is 4.74 Å². The summed E-state index contributed by atoms with van der Waals surface area (Å²) in [6.07, 6.45) is 6.52. The van der Waals surface area contributed by atoms with Gasteiger partial charge in [0.1, 0.15) is 30.0 Å². The van der Waals surface area contributed by atoms with Crippen LogP contribution in [-0.4, -0.2) is 70.0 Å². The lowest BCUT2D eigenvalue weighted by molar-refractivity contribution is -0.138. The molecule has 3 N–H and O–H groups in total. The minimum atomic E-state index is -0.915. The van der Waals surface area contributed by atoms with Crippen molar-refractivity contribution >= 4 is 29.2 Å². The van der Waals surface area contributed by atoms with E-state index in [2.05, 4.69) is 15.6 Å². The maximum Gasteiger partial charge on any atom is 0.263 e. The number of aromatic nitrogens is 1. The number of hydrogen-bond acceptors (Lipinski definition) is 8. The molecule has 3 amide bonds. The van der Waals surface area contributed by atoms with E-state index in [1.165, 1.54) is 13.8 Å². The molecule has 0 spiro atoms. The third-order valence-corrected chi connectivity index (χ3v) is 10.7. The van der Waals surface area contributed by atoms with Gasteiger partial charge in [0.25, 0.3) is 11.8 Å². The molecule has 4 atom stereocenters. The standard InChI is InChI=1S/C43H49N5O6/c1-30(49)37(46-42(53)43(21-9-10-22-43)23-25-45-31(2)50)26-32-17-19-35(20-18-32)47-40(34-13-5-3-6-14-34)48(39(51)29-54-36-15-7-4-8-16-36)38(41(47)52)27-33-12-11-24-44-28-33/h3-8,11-20,24,28,37-38,40,42,46,53H,9-10,21-23,25-27,29H2,1-2H3,(H,45,50). The first kappa shape index (κ1) is 38.3. The van der Waals surface area contributed by atoms with Gasteiger partial charge in [0.15, 0.2) is 6.61 Å². The number of ketones is 1. The van der Waals surface area contributed by atoms with Crippen molar-refractivity contribution in [3.63, 3.8) is 0 Å². The molecule has 2 heterocycles. The van der Waals surface area contributed by atoms with Gasteiger partial charge in [-0.25, -0.2) is 0 Å². The van der Waals surface area contributed by atoms with Gasteiger partial charge in [0.05, 0.1) is 6.04 Å². The number of carbonyl (C=O) groups excluding carboxylic acids is 4. The first-order valence-corrected chi connectivity index (χ1v) is 18.7. The van der Waals surface area contributed by atoms with Crippen LogP contribution in [0.3, 0.4) is 0 Å². The lowest BCUT2D eigenvalue weighted by atomic mass is 9.80. The van der Waals surface area contributed by atoms with Gasteiger partial charge in [-0.1, -0.05) is 79.6 Å². The predicted molar refractivity (Wildman–Crippen MR) is 205 cm³/mol. The van der Waals surface area contributed by atoms with E-state index >= 15 is 0 Å². The van der Waals surface area contributed by atoms with Crippen molar-refractivity contribution in [3.8, 4) is 5.75 Å². The number of anilines is 1. The Morgan fingerprint density at radius 3 is 2.22 bits per heavy atom. The van der Waals surface area contributed by atoms with Crippen LogP contribution in [0.15, 0.2) is 109 Å². The third kappa shape index (κ3) is 9.03. The maximum absolute atomic E-state index is 14.6. The van der Waals surface area contributed by atoms with Crippen LogP contribution < -0.4 is 20.3 Å². The summed E-state index contributed by atoms with van der Waals surface area (Å²) in [6, 6.07) is 28.3. The van der Waals surface area contributed by atoms with Crippen molar-refractivity contribution in [2.75, 3.05) is 18.1 Å². The van der Waals surface area contributed by atoms with Crippen molar-refractivity contribution in [1.82, 2.24) is 20.5 Å². The third-order valence-electron chi connectivity index (χ3n) is 10.7. The van der Waals surface area contributed by atoms with Gasteiger partial charge >= 0.3 is 0 Å². The molecule has 3 aromatic carbocycles. The Labute approximate surface area is 316 Å². The van der Waals surface area contributed by atoms with E-state index in [1.54, 1.807) is 34.3 Å². The quantitative estimate of drug-likeness (QED) is 0.135. The smallest absolute Gasteiger partial charge is 0.263 e. The lowest BCUT2D eigenvalue weighted by Crippen LogP contribution is -2.52. The Morgan fingerprint density at radius 1 is 0.907 bits per heavy atom. The molecule has 4 unspecified atom stereocenters.